The van der Waals surface area contributed by atoms with E-state index >= 15 is 0 Å². The number of phenols is 1. The molecule has 7 nitrogen and oxygen atoms in total. The maximum absolute atomic E-state index is 11.9. The number of aromatic nitrogens is 3. The monoisotopic (exact) mass is 408 g/mol. The molecule has 0 amide bonds. The molecule has 5 atom stereocenters. The molecule has 0 bridgehead atoms. The molecule has 1 aromatic heterocycles. The van der Waals surface area contributed by atoms with Gasteiger partial charge in [0.25, 0.3) is 0 Å². The first-order chi connectivity index (χ1) is 14.4. The Labute approximate surface area is 176 Å². The van der Waals surface area contributed by atoms with Gasteiger partial charge in [-0.05, 0) is 73.6 Å². The van der Waals surface area contributed by atoms with E-state index in [0.717, 1.165) is 36.8 Å². The second-order valence-electron chi connectivity index (χ2n) is 9.58. The lowest BCUT2D eigenvalue weighted by Crippen LogP contribution is -2.55. The molecule has 0 radical (unpaired) electrons. The second-order valence-corrected chi connectivity index (χ2v) is 9.58. The quantitative estimate of drug-likeness (QED) is 0.718. The van der Waals surface area contributed by atoms with Crippen LogP contribution in [0.1, 0.15) is 55.8 Å². The van der Waals surface area contributed by atoms with Crippen molar-refractivity contribution in [2.45, 2.75) is 63.0 Å². The van der Waals surface area contributed by atoms with E-state index < -0.39 is 11.0 Å². The number of nitrogens with zero attached hydrogens (tertiary/aromatic N) is 4. The molecule has 7 heteroatoms. The summed E-state index contributed by atoms with van der Waals surface area (Å²) in [6, 6.07) is 8.13. The van der Waals surface area contributed by atoms with Crippen LogP contribution in [-0.4, -0.2) is 36.9 Å². The van der Waals surface area contributed by atoms with Crippen molar-refractivity contribution >= 4 is 0 Å². The van der Waals surface area contributed by atoms with Crippen molar-refractivity contribution in [3.8, 4) is 11.8 Å². The molecule has 2 saturated carbocycles. The van der Waals surface area contributed by atoms with E-state index in [0.29, 0.717) is 25.1 Å². The number of fused-ring (bicyclic) bond motifs is 5. The average molecular weight is 409 g/mol. The Bertz CT molecular complexity index is 1030. The van der Waals surface area contributed by atoms with Gasteiger partial charge < -0.3 is 15.3 Å². The van der Waals surface area contributed by atoms with Crippen LogP contribution in [0, 0.1) is 28.6 Å². The van der Waals surface area contributed by atoms with Gasteiger partial charge in [0.2, 0.25) is 0 Å². The first-order valence-corrected chi connectivity index (χ1v) is 10.9. The number of benzene rings is 1. The molecule has 0 unspecified atom stereocenters. The second kappa shape index (κ2) is 6.53. The van der Waals surface area contributed by atoms with Gasteiger partial charge in [-0.25, -0.2) is 4.68 Å². The Kier molecular flexibility index (Phi) is 4.25. The fraction of sp³-hybridized carbons (Fsp3) is 0.609. The predicted octanol–water partition coefficient (Wildman–Crippen LogP) is 2.40. The van der Waals surface area contributed by atoms with E-state index in [1.54, 1.807) is 16.9 Å². The van der Waals surface area contributed by atoms with Crippen molar-refractivity contribution in [2.24, 2.45) is 17.3 Å². The summed E-state index contributed by atoms with van der Waals surface area (Å²) >= 11 is 0. The van der Waals surface area contributed by atoms with Gasteiger partial charge in [0, 0.05) is 5.41 Å². The normalized spacial score (nSPS) is 37.1. The van der Waals surface area contributed by atoms with Gasteiger partial charge in [-0.1, -0.05) is 18.2 Å². The van der Waals surface area contributed by atoms with Crippen molar-refractivity contribution in [1.82, 2.24) is 15.0 Å². The minimum Gasteiger partial charge on any atom is -0.508 e. The summed E-state index contributed by atoms with van der Waals surface area (Å²) in [6.45, 7) is 2.49. The third-order valence-corrected chi connectivity index (χ3v) is 8.52. The third-order valence-electron chi connectivity index (χ3n) is 8.52. The summed E-state index contributed by atoms with van der Waals surface area (Å²) in [4.78, 5) is 0. The summed E-state index contributed by atoms with van der Waals surface area (Å²) in [5.41, 5.74) is 0.688. The van der Waals surface area contributed by atoms with Crippen molar-refractivity contribution in [1.29, 1.82) is 5.26 Å². The predicted molar refractivity (Wildman–Crippen MR) is 108 cm³/mol. The summed E-state index contributed by atoms with van der Waals surface area (Å²) in [5.74, 6) is 0.628. The van der Waals surface area contributed by atoms with Crippen LogP contribution in [-0.2, 0) is 24.0 Å². The summed E-state index contributed by atoms with van der Waals surface area (Å²) < 4.78 is 1.58. The van der Waals surface area contributed by atoms with Gasteiger partial charge in [0.15, 0.2) is 0 Å². The van der Waals surface area contributed by atoms with E-state index in [9.17, 15) is 20.6 Å². The van der Waals surface area contributed by atoms with E-state index in [-0.39, 0.29) is 29.6 Å². The van der Waals surface area contributed by atoms with Gasteiger partial charge in [0.1, 0.15) is 17.0 Å². The zero-order valence-corrected chi connectivity index (χ0v) is 17.3. The van der Waals surface area contributed by atoms with Crippen LogP contribution in [0.25, 0.3) is 0 Å². The number of aliphatic hydroxyl groups is 2. The first kappa shape index (κ1) is 19.5. The molecule has 3 aliphatic carbocycles. The molecular weight excluding hydrogens is 380 g/mol. The van der Waals surface area contributed by atoms with Crippen molar-refractivity contribution in [2.75, 3.05) is 6.61 Å². The smallest absolute Gasteiger partial charge is 0.116 e. The zero-order valence-electron chi connectivity index (χ0n) is 17.3. The van der Waals surface area contributed by atoms with Crippen molar-refractivity contribution < 1.29 is 15.3 Å². The van der Waals surface area contributed by atoms with Crippen LogP contribution in [0.4, 0.5) is 0 Å². The lowest BCUT2D eigenvalue weighted by molar-refractivity contribution is -0.118. The molecule has 0 saturated heterocycles. The number of aryl methyl sites for hydroxylation is 1. The van der Waals surface area contributed by atoms with Crippen LogP contribution in [0.15, 0.2) is 24.4 Å². The van der Waals surface area contributed by atoms with Crippen LogP contribution < -0.4 is 0 Å². The van der Waals surface area contributed by atoms with Crippen LogP contribution >= 0.6 is 0 Å². The molecule has 2 aromatic rings. The lowest BCUT2D eigenvalue weighted by Gasteiger charge is -2.56. The number of phenolic OH excluding ortho intramolecular Hbond substituents is 1. The maximum Gasteiger partial charge on any atom is 0.116 e. The average Bonchev–Trinajstić information content (AvgIpc) is 3.31. The topological polar surface area (TPSA) is 115 Å². The van der Waals surface area contributed by atoms with Crippen LogP contribution in [0.3, 0.4) is 0 Å². The highest BCUT2D eigenvalue weighted by Crippen LogP contribution is 2.68. The highest BCUT2D eigenvalue weighted by molar-refractivity contribution is 5.47. The van der Waals surface area contributed by atoms with Crippen LogP contribution in [0.2, 0.25) is 0 Å². The molecule has 0 aliphatic heterocycles. The number of hydrogen-bond donors (Lipinski definition) is 3. The van der Waals surface area contributed by atoms with E-state index in [1.165, 1.54) is 0 Å². The molecule has 1 heterocycles. The summed E-state index contributed by atoms with van der Waals surface area (Å²) in [6.07, 6.45) is 6.35. The largest absolute Gasteiger partial charge is 0.508 e. The number of hydrogen-bond acceptors (Lipinski definition) is 6. The molecule has 2 fully saturated rings. The standard InChI is InChI=1S/C23H28N4O3/c1-21-8-9-22(14-24)17-5-3-16(29)12-15(17)2-4-19(22)18(21)6-7-23(21,30)20-13-27(10-11-28)26-25-20/h3,5,12-13,18-19,28-30H,2,4,6-11H2,1H3/t18-,19-,21-,22-,23+/m0/s1. The minimum absolute atomic E-state index is 0.0250. The Balaban J connectivity index is 1.55. The molecule has 30 heavy (non-hydrogen) atoms. The van der Waals surface area contributed by atoms with E-state index in [2.05, 4.69) is 23.3 Å². The lowest BCUT2D eigenvalue weighted by atomic mass is 9.47. The highest BCUT2D eigenvalue weighted by Gasteiger charge is 2.66. The molecule has 3 aliphatic rings. The molecular formula is C23H28N4O3. The number of aromatic hydroxyl groups is 1. The van der Waals surface area contributed by atoms with Gasteiger partial charge in [0.05, 0.1) is 30.8 Å². The Hall–Kier alpha value is -2.43. The zero-order chi connectivity index (χ0) is 21.1. The maximum atomic E-state index is 11.9. The Morgan fingerprint density at radius 3 is 2.83 bits per heavy atom. The number of rotatable bonds is 3. The SMILES string of the molecule is C[C@]12CC[C@]3(C#N)c4ccc(O)cc4CC[C@H]3[C@@H]1CC[C@@]2(O)c1cn(CCO)nn1. The molecule has 5 rings (SSSR count). The number of aliphatic hydroxyl groups excluding tert-OH is 1. The molecule has 1 aromatic carbocycles. The van der Waals surface area contributed by atoms with E-state index in [1.807, 2.05) is 12.1 Å². The highest BCUT2D eigenvalue weighted by atomic mass is 16.3. The first-order valence-electron chi connectivity index (χ1n) is 10.9. The van der Waals surface area contributed by atoms with Gasteiger partial charge >= 0.3 is 0 Å². The Morgan fingerprint density at radius 1 is 1.23 bits per heavy atom. The fourth-order valence-electron chi connectivity index (χ4n) is 6.93. The van der Waals surface area contributed by atoms with Crippen LogP contribution in [0.5, 0.6) is 5.75 Å². The van der Waals surface area contributed by atoms with Crippen molar-refractivity contribution in [3.05, 3.63) is 41.2 Å². The fourth-order valence-corrected chi connectivity index (χ4v) is 6.93. The molecule has 158 valence electrons. The summed E-state index contributed by atoms with van der Waals surface area (Å²) in [5, 5.41) is 49.7. The van der Waals surface area contributed by atoms with Crippen molar-refractivity contribution in [3.63, 3.8) is 0 Å². The molecule has 3 N–H and O–H groups in total. The third kappa shape index (κ3) is 2.38. The van der Waals surface area contributed by atoms with E-state index in [4.69, 9.17) is 0 Å². The van der Waals surface area contributed by atoms with Gasteiger partial charge in [-0.3, -0.25) is 0 Å². The minimum atomic E-state index is -1.08. The molecule has 0 spiro atoms. The summed E-state index contributed by atoms with van der Waals surface area (Å²) in [7, 11) is 0. The Morgan fingerprint density at radius 2 is 2.07 bits per heavy atom. The van der Waals surface area contributed by atoms with Gasteiger partial charge in [-0.15, -0.1) is 5.10 Å². The van der Waals surface area contributed by atoms with Gasteiger partial charge in [-0.2, -0.15) is 5.26 Å². The number of nitriles is 1.